The minimum absolute atomic E-state index is 0.500. The van der Waals surface area contributed by atoms with Crippen molar-refractivity contribution in [3.05, 3.63) is 64.7 Å². The Balaban J connectivity index is 2.13. The minimum atomic E-state index is 0.500. The largest absolute Gasteiger partial charge is 0.337 e. The molecule has 2 aromatic rings. The number of halogens is 1. The van der Waals surface area contributed by atoms with Gasteiger partial charge in [-0.15, -0.1) is 0 Å². The van der Waals surface area contributed by atoms with E-state index in [9.17, 15) is 0 Å². The van der Waals surface area contributed by atoms with Crippen LogP contribution in [0.25, 0.3) is 6.08 Å². The van der Waals surface area contributed by atoms with Gasteiger partial charge < -0.3 is 4.90 Å². The van der Waals surface area contributed by atoms with Crippen LogP contribution in [0.4, 0.5) is 11.4 Å². The number of benzene rings is 2. The maximum atomic E-state index is 6.18. The van der Waals surface area contributed by atoms with E-state index < -0.39 is 0 Å². The summed E-state index contributed by atoms with van der Waals surface area (Å²) < 4.78 is 0. The standard InChI is InChI=1S/C18H18ClN/c1-13(2)16-7-3-4-8-17(16)20-11-5-6-14-9-10-15(19)12-18(14)20/h3-10,12-13H,11H2,1-2H3. The molecule has 2 heteroatoms. The molecule has 1 heterocycles. The van der Waals surface area contributed by atoms with E-state index in [1.165, 1.54) is 22.5 Å². The maximum absolute atomic E-state index is 6.18. The zero-order chi connectivity index (χ0) is 14.1. The highest BCUT2D eigenvalue weighted by atomic mass is 35.5. The fourth-order valence-corrected chi connectivity index (χ4v) is 2.89. The van der Waals surface area contributed by atoms with Gasteiger partial charge in [0.25, 0.3) is 0 Å². The van der Waals surface area contributed by atoms with Gasteiger partial charge in [-0.3, -0.25) is 0 Å². The second kappa shape index (κ2) is 5.34. The fourth-order valence-electron chi connectivity index (χ4n) is 2.72. The second-order valence-corrected chi connectivity index (χ2v) is 5.87. The Morgan fingerprint density at radius 2 is 1.85 bits per heavy atom. The number of para-hydroxylation sites is 1. The molecule has 102 valence electrons. The first kappa shape index (κ1) is 13.3. The lowest BCUT2D eigenvalue weighted by Gasteiger charge is -2.31. The van der Waals surface area contributed by atoms with E-state index in [4.69, 9.17) is 11.6 Å². The Kier molecular flexibility index (Phi) is 3.54. The summed E-state index contributed by atoms with van der Waals surface area (Å²) in [7, 11) is 0. The van der Waals surface area contributed by atoms with Crippen molar-refractivity contribution in [3.63, 3.8) is 0 Å². The molecule has 1 aliphatic heterocycles. The van der Waals surface area contributed by atoms with E-state index >= 15 is 0 Å². The molecular weight excluding hydrogens is 266 g/mol. The van der Waals surface area contributed by atoms with Crippen molar-refractivity contribution in [1.29, 1.82) is 0 Å². The maximum Gasteiger partial charge on any atom is 0.0502 e. The van der Waals surface area contributed by atoms with Gasteiger partial charge >= 0.3 is 0 Å². The SMILES string of the molecule is CC(C)c1ccccc1N1CC=Cc2ccc(Cl)cc21. The van der Waals surface area contributed by atoms with Crippen LogP contribution in [0.5, 0.6) is 0 Å². The first-order valence-corrected chi connectivity index (χ1v) is 7.37. The van der Waals surface area contributed by atoms with Gasteiger partial charge in [0.05, 0.1) is 5.69 Å². The summed E-state index contributed by atoms with van der Waals surface area (Å²) in [6.07, 6.45) is 4.37. The van der Waals surface area contributed by atoms with E-state index in [1.807, 2.05) is 6.07 Å². The van der Waals surface area contributed by atoms with Crippen molar-refractivity contribution in [3.8, 4) is 0 Å². The molecule has 20 heavy (non-hydrogen) atoms. The van der Waals surface area contributed by atoms with E-state index in [1.54, 1.807) is 0 Å². The first-order chi connectivity index (χ1) is 9.66. The average Bonchev–Trinajstić information content (AvgIpc) is 2.46. The summed E-state index contributed by atoms with van der Waals surface area (Å²) >= 11 is 6.18. The summed E-state index contributed by atoms with van der Waals surface area (Å²) in [5.41, 5.74) is 5.05. The quantitative estimate of drug-likeness (QED) is 0.690. The van der Waals surface area contributed by atoms with Gasteiger partial charge in [-0.25, -0.2) is 0 Å². The molecule has 0 atom stereocenters. The van der Waals surface area contributed by atoms with Gasteiger partial charge in [-0.2, -0.15) is 0 Å². The third-order valence-electron chi connectivity index (χ3n) is 3.72. The van der Waals surface area contributed by atoms with E-state index in [2.05, 4.69) is 67.3 Å². The van der Waals surface area contributed by atoms with Crippen LogP contribution >= 0.6 is 11.6 Å². The molecule has 0 amide bonds. The normalized spacial score (nSPS) is 13.7. The molecule has 2 aromatic carbocycles. The van der Waals surface area contributed by atoms with Gasteiger partial charge in [0, 0.05) is 17.3 Å². The van der Waals surface area contributed by atoms with Gasteiger partial charge in [-0.1, -0.05) is 61.9 Å². The summed E-state index contributed by atoms with van der Waals surface area (Å²) in [6, 6.07) is 14.7. The highest BCUT2D eigenvalue weighted by molar-refractivity contribution is 6.31. The predicted octanol–water partition coefficient (Wildman–Crippen LogP) is 5.63. The Labute approximate surface area is 125 Å². The van der Waals surface area contributed by atoms with Crippen LogP contribution in [0.2, 0.25) is 5.02 Å². The smallest absolute Gasteiger partial charge is 0.0502 e. The number of hydrogen-bond acceptors (Lipinski definition) is 1. The molecule has 0 aromatic heterocycles. The molecule has 3 rings (SSSR count). The second-order valence-electron chi connectivity index (χ2n) is 5.43. The van der Waals surface area contributed by atoms with Gasteiger partial charge in [0.1, 0.15) is 0 Å². The number of rotatable bonds is 2. The highest BCUT2D eigenvalue weighted by Crippen LogP contribution is 2.37. The molecule has 0 saturated carbocycles. The average molecular weight is 284 g/mol. The lowest BCUT2D eigenvalue weighted by Crippen LogP contribution is -2.21. The number of nitrogens with zero attached hydrogens (tertiary/aromatic N) is 1. The summed E-state index contributed by atoms with van der Waals surface area (Å²) in [4.78, 5) is 2.34. The summed E-state index contributed by atoms with van der Waals surface area (Å²) in [6.45, 7) is 5.35. The molecule has 0 aliphatic carbocycles. The summed E-state index contributed by atoms with van der Waals surface area (Å²) in [5.74, 6) is 0.500. The number of hydrogen-bond donors (Lipinski definition) is 0. The van der Waals surface area contributed by atoms with Crippen molar-refractivity contribution >= 4 is 29.1 Å². The molecule has 0 N–H and O–H groups in total. The van der Waals surface area contributed by atoms with Crippen molar-refractivity contribution in [1.82, 2.24) is 0 Å². The lowest BCUT2D eigenvalue weighted by atomic mass is 9.98. The van der Waals surface area contributed by atoms with Crippen LogP contribution in [0.3, 0.4) is 0 Å². The van der Waals surface area contributed by atoms with Crippen molar-refractivity contribution in [2.75, 3.05) is 11.4 Å². The van der Waals surface area contributed by atoms with E-state index in [0.29, 0.717) is 5.92 Å². The lowest BCUT2D eigenvalue weighted by molar-refractivity contribution is 0.858. The zero-order valence-electron chi connectivity index (χ0n) is 11.8. The highest BCUT2D eigenvalue weighted by Gasteiger charge is 2.18. The molecule has 0 saturated heterocycles. The molecule has 0 spiro atoms. The van der Waals surface area contributed by atoms with Gasteiger partial charge in [0.2, 0.25) is 0 Å². The topological polar surface area (TPSA) is 3.24 Å². The molecule has 1 nitrogen and oxygen atoms in total. The fraction of sp³-hybridized carbons (Fsp3) is 0.222. The van der Waals surface area contributed by atoms with Crippen LogP contribution in [0.1, 0.15) is 30.9 Å². The predicted molar refractivity (Wildman–Crippen MR) is 88.0 cm³/mol. The van der Waals surface area contributed by atoms with Crippen LogP contribution in [-0.4, -0.2) is 6.54 Å². The van der Waals surface area contributed by atoms with Crippen LogP contribution in [-0.2, 0) is 0 Å². The monoisotopic (exact) mass is 283 g/mol. The van der Waals surface area contributed by atoms with Crippen molar-refractivity contribution in [2.45, 2.75) is 19.8 Å². The van der Waals surface area contributed by atoms with Crippen LogP contribution in [0, 0.1) is 0 Å². The Hall–Kier alpha value is -1.73. The molecule has 0 bridgehead atoms. The molecule has 0 radical (unpaired) electrons. The first-order valence-electron chi connectivity index (χ1n) is 6.99. The van der Waals surface area contributed by atoms with Gasteiger partial charge in [-0.05, 0) is 35.2 Å². The molecule has 0 fully saturated rings. The summed E-state index contributed by atoms with van der Waals surface area (Å²) in [5, 5.41) is 0.783. The Bertz CT molecular complexity index is 658. The Morgan fingerprint density at radius 1 is 1.05 bits per heavy atom. The molecular formula is C18H18ClN. The van der Waals surface area contributed by atoms with Crippen LogP contribution in [0.15, 0.2) is 48.5 Å². The zero-order valence-corrected chi connectivity index (χ0v) is 12.6. The van der Waals surface area contributed by atoms with E-state index in [-0.39, 0.29) is 0 Å². The van der Waals surface area contributed by atoms with Crippen molar-refractivity contribution in [2.24, 2.45) is 0 Å². The van der Waals surface area contributed by atoms with Crippen molar-refractivity contribution < 1.29 is 0 Å². The third kappa shape index (κ3) is 2.34. The number of anilines is 2. The van der Waals surface area contributed by atoms with Crippen LogP contribution < -0.4 is 4.90 Å². The van der Waals surface area contributed by atoms with Gasteiger partial charge in [0.15, 0.2) is 0 Å². The minimum Gasteiger partial charge on any atom is -0.337 e. The Morgan fingerprint density at radius 3 is 2.65 bits per heavy atom. The number of fused-ring (bicyclic) bond motifs is 1. The third-order valence-corrected chi connectivity index (χ3v) is 3.95. The molecule has 0 unspecified atom stereocenters. The van der Waals surface area contributed by atoms with E-state index in [0.717, 1.165) is 11.6 Å². The molecule has 1 aliphatic rings.